The highest BCUT2D eigenvalue weighted by Crippen LogP contribution is 2.14. The first kappa shape index (κ1) is 9.18. The van der Waals surface area contributed by atoms with E-state index in [1.165, 1.54) is 5.39 Å². The summed E-state index contributed by atoms with van der Waals surface area (Å²) in [5.74, 6) is 0. The van der Waals surface area contributed by atoms with E-state index in [0.29, 0.717) is 6.54 Å². The number of nitrogens with one attached hydrogen (secondary N) is 2. The highest BCUT2D eigenvalue weighted by molar-refractivity contribution is 5.80. The Balaban J connectivity index is 2.17. The van der Waals surface area contributed by atoms with Crippen LogP contribution in [0.3, 0.4) is 0 Å². The molecule has 0 saturated carbocycles. The molecule has 0 amide bonds. The van der Waals surface area contributed by atoms with E-state index in [0.717, 1.165) is 24.3 Å². The van der Waals surface area contributed by atoms with Crippen molar-refractivity contribution in [3.63, 3.8) is 0 Å². The van der Waals surface area contributed by atoms with E-state index in [1.54, 1.807) is 0 Å². The van der Waals surface area contributed by atoms with Gasteiger partial charge in [0.15, 0.2) is 0 Å². The van der Waals surface area contributed by atoms with Gasteiger partial charge in [0.25, 0.3) is 0 Å². The van der Waals surface area contributed by atoms with E-state index in [9.17, 15) is 0 Å². The molecule has 2 aromatic rings. The van der Waals surface area contributed by atoms with Gasteiger partial charge in [-0.2, -0.15) is 5.10 Å². The molecule has 74 valence electrons. The summed E-state index contributed by atoms with van der Waals surface area (Å²) in [7, 11) is 0. The van der Waals surface area contributed by atoms with Crippen molar-refractivity contribution in [3.8, 4) is 0 Å². The Morgan fingerprint density at radius 1 is 1.36 bits per heavy atom. The highest BCUT2D eigenvalue weighted by Gasteiger charge is 2.02. The molecule has 0 aliphatic rings. The predicted octanol–water partition coefficient (Wildman–Crippen LogP) is 0.611. The summed E-state index contributed by atoms with van der Waals surface area (Å²) in [6, 6.07) is 8.07. The van der Waals surface area contributed by atoms with Crippen LogP contribution in [-0.2, 0) is 6.54 Å². The number of para-hydroxylation sites is 1. The lowest BCUT2D eigenvalue weighted by molar-refractivity contribution is 0.683. The third-order valence-electron chi connectivity index (χ3n) is 2.16. The molecule has 1 aromatic heterocycles. The van der Waals surface area contributed by atoms with E-state index in [2.05, 4.69) is 21.6 Å². The largest absolute Gasteiger partial charge is 0.329 e. The van der Waals surface area contributed by atoms with Gasteiger partial charge in [0.05, 0.1) is 11.2 Å². The third-order valence-corrected chi connectivity index (χ3v) is 2.16. The molecule has 0 aliphatic carbocycles. The number of aromatic amines is 1. The molecular weight excluding hydrogens is 176 g/mol. The maximum atomic E-state index is 5.39. The molecule has 0 atom stereocenters. The number of rotatable bonds is 4. The Hall–Kier alpha value is -1.39. The lowest BCUT2D eigenvalue weighted by atomic mass is 10.2. The first-order chi connectivity index (χ1) is 6.92. The molecule has 0 fully saturated rings. The van der Waals surface area contributed by atoms with Crippen LogP contribution >= 0.6 is 0 Å². The van der Waals surface area contributed by atoms with E-state index < -0.39 is 0 Å². The number of nitrogens with zero attached hydrogens (tertiary/aromatic N) is 1. The van der Waals surface area contributed by atoms with E-state index in [4.69, 9.17) is 5.73 Å². The maximum Gasteiger partial charge on any atom is 0.0924 e. The quantitative estimate of drug-likeness (QED) is 0.619. The Morgan fingerprint density at radius 3 is 3.07 bits per heavy atom. The summed E-state index contributed by atoms with van der Waals surface area (Å²) in [5, 5.41) is 11.6. The Bertz CT molecular complexity index is 407. The average molecular weight is 190 g/mol. The second-order valence-corrected chi connectivity index (χ2v) is 3.18. The molecule has 1 heterocycles. The van der Waals surface area contributed by atoms with Crippen molar-refractivity contribution < 1.29 is 0 Å². The van der Waals surface area contributed by atoms with Gasteiger partial charge in [0.2, 0.25) is 0 Å². The molecule has 4 nitrogen and oxygen atoms in total. The van der Waals surface area contributed by atoms with E-state index in [1.807, 2.05) is 18.2 Å². The zero-order chi connectivity index (χ0) is 9.80. The first-order valence-corrected chi connectivity index (χ1v) is 4.74. The molecule has 4 heteroatoms. The van der Waals surface area contributed by atoms with Crippen molar-refractivity contribution in [2.24, 2.45) is 5.73 Å². The van der Waals surface area contributed by atoms with Crippen molar-refractivity contribution in [3.05, 3.63) is 30.0 Å². The fraction of sp³-hybridized carbons (Fsp3) is 0.300. The second kappa shape index (κ2) is 4.21. The number of hydrogen-bond donors (Lipinski definition) is 3. The smallest absolute Gasteiger partial charge is 0.0924 e. The van der Waals surface area contributed by atoms with Crippen LogP contribution in [0.25, 0.3) is 10.9 Å². The number of aromatic nitrogens is 2. The normalized spacial score (nSPS) is 10.9. The maximum absolute atomic E-state index is 5.39. The average Bonchev–Trinajstić information content (AvgIpc) is 2.63. The molecule has 0 unspecified atom stereocenters. The standard InChI is InChI=1S/C10H14N4/c11-5-6-12-7-10-8-3-1-2-4-9(8)13-14-10/h1-4,12H,5-7,11H2,(H,13,14). The van der Waals surface area contributed by atoms with Gasteiger partial charge in [-0.3, -0.25) is 5.10 Å². The minimum Gasteiger partial charge on any atom is -0.329 e. The molecule has 1 aromatic carbocycles. The van der Waals surface area contributed by atoms with Gasteiger partial charge < -0.3 is 11.1 Å². The van der Waals surface area contributed by atoms with Gasteiger partial charge in [0, 0.05) is 25.0 Å². The van der Waals surface area contributed by atoms with Crippen LogP contribution in [0.2, 0.25) is 0 Å². The number of hydrogen-bond acceptors (Lipinski definition) is 3. The number of nitrogens with two attached hydrogens (primary N) is 1. The molecule has 14 heavy (non-hydrogen) atoms. The number of benzene rings is 1. The zero-order valence-electron chi connectivity index (χ0n) is 7.96. The van der Waals surface area contributed by atoms with Crippen LogP contribution in [-0.4, -0.2) is 23.3 Å². The molecule has 0 spiro atoms. The molecule has 0 bridgehead atoms. The third kappa shape index (κ3) is 1.76. The van der Waals surface area contributed by atoms with Gasteiger partial charge in [-0.25, -0.2) is 0 Å². The molecule has 0 saturated heterocycles. The predicted molar refractivity (Wildman–Crippen MR) is 56.9 cm³/mol. The number of H-pyrrole nitrogens is 1. The molecule has 0 radical (unpaired) electrons. The van der Waals surface area contributed by atoms with Crippen molar-refractivity contribution >= 4 is 10.9 Å². The Morgan fingerprint density at radius 2 is 2.21 bits per heavy atom. The van der Waals surface area contributed by atoms with Crippen LogP contribution in [0, 0.1) is 0 Å². The van der Waals surface area contributed by atoms with Crippen molar-refractivity contribution in [2.45, 2.75) is 6.54 Å². The summed E-state index contributed by atoms with van der Waals surface area (Å²) in [5.41, 5.74) is 7.52. The lowest BCUT2D eigenvalue weighted by Crippen LogP contribution is -2.22. The molecule has 4 N–H and O–H groups in total. The van der Waals surface area contributed by atoms with Crippen molar-refractivity contribution in [2.75, 3.05) is 13.1 Å². The van der Waals surface area contributed by atoms with Crippen LogP contribution in [0.1, 0.15) is 5.69 Å². The lowest BCUT2D eigenvalue weighted by Gasteiger charge is -2.00. The second-order valence-electron chi connectivity index (χ2n) is 3.18. The summed E-state index contributed by atoms with van der Waals surface area (Å²) >= 11 is 0. The molecule has 0 aliphatic heterocycles. The monoisotopic (exact) mass is 190 g/mol. The summed E-state index contributed by atoms with van der Waals surface area (Å²) in [6.07, 6.45) is 0. The van der Waals surface area contributed by atoms with Crippen LogP contribution in [0.4, 0.5) is 0 Å². The van der Waals surface area contributed by atoms with Gasteiger partial charge in [-0.05, 0) is 6.07 Å². The number of fused-ring (bicyclic) bond motifs is 1. The summed E-state index contributed by atoms with van der Waals surface area (Å²) in [4.78, 5) is 0. The van der Waals surface area contributed by atoms with Gasteiger partial charge in [-0.15, -0.1) is 0 Å². The highest BCUT2D eigenvalue weighted by atomic mass is 15.1. The summed E-state index contributed by atoms with van der Waals surface area (Å²) in [6.45, 7) is 2.27. The fourth-order valence-corrected chi connectivity index (χ4v) is 1.46. The SMILES string of the molecule is NCCNCc1[nH]nc2ccccc12. The fourth-order valence-electron chi connectivity index (χ4n) is 1.46. The van der Waals surface area contributed by atoms with Gasteiger partial charge in [-0.1, -0.05) is 18.2 Å². The Labute approximate surface area is 82.5 Å². The van der Waals surface area contributed by atoms with Crippen LogP contribution < -0.4 is 11.1 Å². The zero-order valence-corrected chi connectivity index (χ0v) is 7.96. The van der Waals surface area contributed by atoms with Crippen molar-refractivity contribution in [1.82, 2.24) is 15.5 Å². The van der Waals surface area contributed by atoms with E-state index >= 15 is 0 Å². The first-order valence-electron chi connectivity index (χ1n) is 4.74. The minimum absolute atomic E-state index is 0.659. The molecule has 2 rings (SSSR count). The van der Waals surface area contributed by atoms with Crippen LogP contribution in [0.15, 0.2) is 24.3 Å². The van der Waals surface area contributed by atoms with E-state index in [-0.39, 0.29) is 0 Å². The minimum atomic E-state index is 0.659. The Kier molecular flexibility index (Phi) is 2.76. The van der Waals surface area contributed by atoms with Gasteiger partial charge >= 0.3 is 0 Å². The van der Waals surface area contributed by atoms with Crippen molar-refractivity contribution in [1.29, 1.82) is 0 Å². The van der Waals surface area contributed by atoms with Crippen LogP contribution in [0.5, 0.6) is 0 Å². The topological polar surface area (TPSA) is 66.7 Å². The summed E-state index contributed by atoms with van der Waals surface area (Å²) < 4.78 is 0. The van der Waals surface area contributed by atoms with Gasteiger partial charge in [0.1, 0.15) is 0 Å². The molecular formula is C10H14N4.